The van der Waals surface area contributed by atoms with Gasteiger partial charge in [-0.25, -0.2) is 0 Å². The Morgan fingerprint density at radius 3 is 2.29 bits per heavy atom. The second-order valence-corrected chi connectivity index (χ2v) is 4.97. The van der Waals surface area contributed by atoms with Gasteiger partial charge in [0, 0.05) is 42.5 Å². The molecule has 0 fully saturated rings. The van der Waals surface area contributed by atoms with Crippen molar-refractivity contribution >= 4 is 23.0 Å². The average molecular weight is 306 g/mol. The fraction of sp³-hybridized carbons (Fsp3) is 0.200. The zero-order chi connectivity index (χ0) is 15.1. The largest absolute Gasteiger partial charge is 0.384 e. The van der Waals surface area contributed by atoms with E-state index in [1.165, 1.54) is 17.7 Å². The van der Waals surface area contributed by atoms with Gasteiger partial charge in [-0.15, -0.1) is 0 Å². The van der Waals surface area contributed by atoms with E-state index in [2.05, 4.69) is 10.6 Å². The summed E-state index contributed by atoms with van der Waals surface area (Å²) in [7, 11) is 0. The summed E-state index contributed by atoms with van der Waals surface area (Å²) in [5.41, 5.74) is 2.14. The lowest BCUT2D eigenvalue weighted by molar-refractivity contribution is -0.384. The first-order chi connectivity index (χ1) is 10.1. The van der Waals surface area contributed by atoms with Crippen LogP contribution in [0.15, 0.2) is 48.5 Å². The standard InChI is InChI=1S/C15H16ClN3O2/c16-13-3-1-12(2-4-13)11-17-9-10-18-14-5-7-15(8-6-14)19(20)21/h1-8,17-18H,9-11H2. The summed E-state index contributed by atoms with van der Waals surface area (Å²) in [5.74, 6) is 0. The molecule has 21 heavy (non-hydrogen) atoms. The highest BCUT2D eigenvalue weighted by Gasteiger charge is 2.03. The molecule has 0 radical (unpaired) electrons. The monoisotopic (exact) mass is 305 g/mol. The van der Waals surface area contributed by atoms with Gasteiger partial charge in [-0.1, -0.05) is 23.7 Å². The summed E-state index contributed by atoms with van der Waals surface area (Å²) < 4.78 is 0. The molecule has 6 heteroatoms. The van der Waals surface area contributed by atoms with Crippen LogP contribution in [-0.2, 0) is 6.54 Å². The first kappa shape index (κ1) is 15.3. The molecule has 0 bridgehead atoms. The summed E-state index contributed by atoms with van der Waals surface area (Å²) >= 11 is 5.82. The van der Waals surface area contributed by atoms with Gasteiger partial charge in [0.1, 0.15) is 0 Å². The minimum atomic E-state index is -0.405. The molecule has 0 amide bonds. The smallest absolute Gasteiger partial charge is 0.269 e. The van der Waals surface area contributed by atoms with Crippen LogP contribution in [0, 0.1) is 10.1 Å². The predicted octanol–water partition coefficient (Wildman–Crippen LogP) is 3.45. The Labute approximate surface area is 128 Å². The Morgan fingerprint density at radius 1 is 1.00 bits per heavy atom. The fourth-order valence-electron chi connectivity index (χ4n) is 1.83. The minimum Gasteiger partial charge on any atom is -0.384 e. The van der Waals surface area contributed by atoms with Crippen molar-refractivity contribution < 1.29 is 4.92 Å². The van der Waals surface area contributed by atoms with Gasteiger partial charge in [-0.3, -0.25) is 10.1 Å². The quantitative estimate of drug-likeness (QED) is 0.467. The SMILES string of the molecule is O=[N+]([O-])c1ccc(NCCNCc2ccc(Cl)cc2)cc1. The van der Waals surface area contributed by atoms with E-state index in [1.807, 2.05) is 24.3 Å². The number of benzene rings is 2. The molecule has 5 nitrogen and oxygen atoms in total. The molecule has 2 rings (SSSR count). The van der Waals surface area contributed by atoms with Gasteiger partial charge in [0.2, 0.25) is 0 Å². The molecular formula is C15H16ClN3O2. The summed E-state index contributed by atoms with van der Waals surface area (Å²) in [6.07, 6.45) is 0. The second-order valence-electron chi connectivity index (χ2n) is 4.53. The van der Waals surface area contributed by atoms with Crippen molar-refractivity contribution in [3.63, 3.8) is 0 Å². The van der Waals surface area contributed by atoms with Crippen molar-refractivity contribution in [3.05, 3.63) is 69.2 Å². The van der Waals surface area contributed by atoms with E-state index in [9.17, 15) is 10.1 Å². The Balaban J connectivity index is 1.67. The van der Waals surface area contributed by atoms with Crippen LogP contribution in [0.1, 0.15) is 5.56 Å². The number of nitrogens with zero attached hydrogens (tertiary/aromatic N) is 1. The molecule has 0 spiro atoms. The second kappa shape index (κ2) is 7.61. The number of rotatable bonds is 7. The topological polar surface area (TPSA) is 67.2 Å². The third-order valence-electron chi connectivity index (χ3n) is 2.95. The van der Waals surface area contributed by atoms with Gasteiger partial charge in [-0.05, 0) is 29.8 Å². The molecule has 0 aliphatic heterocycles. The molecule has 0 aromatic heterocycles. The normalized spacial score (nSPS) is 10.3. The van der Waals surface area contributed by atoms with Crippen molar-refractivity contribution in [2.75, 3.05) is 18.4 Å². The predicted molar refractivity (Wildman–Crippen MR) is 84.7 cm³/mol. The van der Waals surface area contributed by atoms with Crippen LogP contribution in [0.3, 0.4) is 0 Å². The Kier molecular flexibility index (Phi) is 5.54. The van der Waals surface area contributed by atoms with Crippen LogP contribution in [0.2, 0.25) is 5.02 Å². The van der Waals surface area contributed by atoms with E-state index in [-0.39, 0.29) is 5.69 Å². The number of nitro groups is 1. The summed E-state index contributed by atoms with van der Waals surface area (Å²) in [6, 6.07) is 14.1. The van der Waals surface area contributed by atoms with Gasteiger partial charge in [-0.2, -0.15) is 0 Å². The highest BCUT2D eigenvalue weighted by Crippen LogP contribution is 2.14. The number of hydrogen-bond donors (Lipinski definition) is 2. The zero-order valence-electron chi connectivity index (χ0n) is 11.4. The lowest BCUT2D eigenvalue weighted by Crippen LogP contribution is -2.21. The van der Waals surface area contributed by atoms with Crippen molar-refractivity contribution in [3.8, 4) is 0 Å². The zero-order valence-corrected chi connectivity index (χ0v) is 12.1. The van der Waals surface area contributed by atoms with Crippen LogP contribution in [0.25, 0.3) is 0 Å². The van der Waals surface area contributed by atoms with Gasteiger partial charge >= 0.3 is 0 Å². The van der Waals surface area contributed by atoms with Crippen LogP contribution in [0.4, 0.5) is 11.4 Å². The van der Waals surface area contributed by atoms with Gasteiger partial charge in [0.15, 0.2) is 0 Å². The molecule has 0 aliphatic carbocycles. The number of nitrogens with one attached hydrogen (secondary N) is 2. The maximum absolute atomic E-state index is 10.5. The molecule has 0 aliphatic rings. The van der Waals surface area contributed by atoms with Crippen LogP contribution < -0.4 is 10.6 Å². The van der Waals surface area contributed by atoms with Gasteiger partial charge in [0.25, 0.3) is 5.69 Å². The Hall–Kier alpha value is -2.11. The number of hydrogen-bond acceptors (Lipinski definition) is 4. The van der Waals surface area contributed by atoms with Crippen molar-refractivity contribution in [2.24, 2.45) is 0 Å². The maximum atomic E-state index is 10.5. The molecule has 0 saturated carbocycles. The van der Waals surface area contributed by atoms with Crippen molar-refractivity contribution in [1.29, 1.82) is 0 Å². The molecule has 2 N–H and O–H groups in total. The van der Waals surface area contributed by atoms with Crippen molar-refractivity contribution in [2.45, 2.75) is 6.54 Å². The van der Waals surface area contributed by atoms with Crippen LogP contribution in [0.5, 0.6) is 0 Å². The number of anilines is 1. The highest BCUT2D eigenvalue weighted by atomic mass is 35.5. The van der Waals surface area contributed by atoms with Gasteiger partial charge < -0.3 is 10.6 Å². The molecule has 0 heterocycles. The molecule has 0 unspecified atom stereocenters. The van der Waals surface area contributed by atoms with Gasteiger partial charge in [0.05, 0.1) is 4.92 Å². The molecule has 110 valence electrons. The summed E-state index contributed by atoms with van der Waals surface area (Å²) in [4.78, 5) is 10.1. The fourth-order valence-corrected chi connectivity index (χ4v) is 1.96. The van der Waals surface area contributed by atoms with E-state index in [1.54, 1.807) is 12.1 Å². The lowest BCUT2D eigenvalue weighted by Gasteiger charge is -2.08. The van der Waals surface area contributed by atoms with Crippen LogP contribution in [-0.4, -0.2) is 18.0 Å². The summed E-state index contributed by atoms with van der Waals surface area (Å²) in [5, 5.41) is 17.8. The number of halogens is 1. The molecule has 2 aromatic rings. The third kappa shape index (κ3) is 5.06. The molecule has 0 saturated heterocycles. The number of nitro benzene ring substituents is 1. The maximum Gasteiger partial charge on any atom is 0.269 e. The minimum absolute atomic E-state index is 0.0985. The van der Waals surface area contributed by atoms with E-state index in [0.29, 0.717) is 0 Å². The first-order valence-electron chi connectivity index (χ1n) is 6.58. The van der Waals surface area contributed by atoms with E-state index in [0.717, 1.165) is 30.3 Å². The number of non-ortho nitro benzene ring substituents is 1. The summed E-state index contributed by atoms with van der Waals surface area (Å²) in [6.45, 7) is 2.31. The Bertz CT molecular complexity index is 585. The first-order valence-corrected chi connectivity index (χ1v) is 6.96. The molecular weight excluding hydrogens is 290 g/mol. The Morgan fingerprint density at radius 2 is 1.67 bits per heavy atom. The van der Waals surface area contributed by atoms with E-state index >= 15 is 0 Å². The van der Waals surface area contributed by atoms with Crippen molar-refractivity contribution in [1.82, 2.24) is 5.32 Å². The van der Waals surface area contributed by atoms with E-state index < -0.39 is 4.92 Å². The van der Waals surface area contributed by atoms with Crippen LogP contribution >= 0.6 is 11.6 Å². The van der Waals surface area contributed by atoms with E-state index in [4.69, 9.17) is 11.6 Å². The average Bonchev–Trinajstić information content (AvgIpc) is 2.49. The third-order valence-corrected chi connectivity index (χ3v) is 3.20. The highest BCUT2D eigenvalue weighted by molar-refractivity contribution is 6.30. The molecule has 2 aromatic carbocycles. The molecule has 0 atom stereocenters. The lowest BCUT2D eigenvalue weighted by atomic mass is 10.2.